The van der Waals surface area contributed by atoms with Gasteiger partial charge in [0, 0.05) is 48.9 Å². The van der Waals surface area contributed by atoms with Crippen LogP contribution in [0.4, 0.5) is 5.82 Å². The highest BCUT2D eigenvalue weighted by molar-refractivity contribution is 5.39. The summed E-state index contributed by atoms with van der Waals surface area (Å²) in [5.41, 5.74) is 2.18. The van der Waals surface area contributed by atoms with Crippen LogP contribution in [0.2, 0.25) is 0 Å². The van der Waals surface area contributed by atoms with Crippen LogP contribution in [0.5, 0.6) is 0 Å². The van der Waals surface area contributed by atoms with Crippen molar-refractivity contribution in [3.8, 4) is 5.82 Å². The second-order valence-electron chi connectivity index (χ2n) is 6.54. The molecule has 1 aliphatic heterocycles. The number of hydrogen-bond donors (Lipinski definition) is 0. The Morgan fingerprint density at radius 1 is 1.00 bits per heavy atom. The van der Waals surface area contributed by atoms with E-state index in [9.17, 15) is 0 Å². The molecule has 25 heavy (non-hydrogen) atoms. The zero-order valence-electron chi connectivity index (χ0n) is 14.6. The highest BCUT2D eigenvalue weighted by atomic mass is 15.2. The summed E-state index contributed by atoms with van der Waals surface area (Å²) in [6.45, 7) is 6.00. The second-order valence-corrected chi connectivity index (χ2v) is 6.54. The van der Waals surface area contributed by atoms with Gasteiger partial charge in [0.1, 0.15) is 23.8 Å². The number of rotatable bonds is 3. The molecule has 0 aliphatic carbocycles. The van der Waals surface area contributed by atoms with E-state index in [2.05, 4.69) is 38.1 Å². The maximum atomic E-state index is 4.89. The van der Waals surface area contributed by atoms with Gasteiger partial charge >= 0.3 is 0 Å². The summed E-state index contributed by atoms with van der Waals surface area (Å²) in [6, 6.07) is 8.33. The van der Waals surface area contributed by atoms with E-state index in [0.29, 0.717) is 5.92 Å². The summed E-state index contributed by atoms with van der Waals surface area (Å²) in [5.74, 6) is 3.42. The fourth-order valence-electron chi connectivity index (χ4n) is 3.44. The third kappa shape index (κ3) is 3.24. The van der Waals surface area contributed by atoms with Crippen molar-refractivity contribution >= 4 is 5.82 Å². The molecule has 0 N–H and O–H groups in total. The van der Waals surface area contributed by atoms with E-state index < -0.39 is 0 Å². The average Bonchev–Trinajstić information content (AvgIpc) is 3.08. The second kappa shape index (κ2) is 6.63. The van der Waals surface area contributed by atoms with E-state index >= 15 is 0 Å². The van der Waals surface area contributed by atoms with Crippen molar-refractivity contribution in [2.24, 2.45) is 0 Å². The van der Waals surface area contributed by atoms with E-state index in [-0.39, 0.29) is 0 Å². The Balaban J connectivity index is 1.49. The number of hydrogen-bond acceptors (Lipinski definition) is 5. The van der Waals surface area contributed by atoms with E-state index in [1.54, 1.807) is 6.33 Å². The van der Waals surface area contributed by atoms with Gasteiger partial charge in [0.2, 0.25) is 0 Å². The maximum Gasteiger partial charge on any atom is 0.138 e. The summed E-state index contributed by atoms with van der Waals surface area (Å²) in [5, 5.41) is 0. The zero-order valence-corrected chi connectivity index (χ0v) is 14.6. The molecule has 0 spiro atoms. The molecule has 1 aliphatic rings. The van der Waals surface area contributed by atoms with Crippen molar-refractivity contribution in [1.29, 1.82) is 0 Å². The van der Waals surface area contributed by atoms with E-state index in [0.717, 1.165) is 49.1 Å². The van der Waals surface area contributed by atoms with Gasteiger partial charge in [-0.25, -0.2) is 19.9 Å². The third-order valence-corrected chi connectivity index (χ3v) is 4.86. The van der Waals surface area contributed by atoms with Crippen molar-refractivity contribution in [3.05, 3.63) is 60.2 Å². The Morgan fingerprint density at radius 2 is 1.84 bits per heavy atom. The number of aromatic nitrogens is 5. The lowest BCUT2D eigenvalue weighted by Gasteiger charge is -2.32. The molecule has 128 valence electrons. The third-order valence-electron chi connectivity index (χ3n) is 4.86. The lowest BCUT2D eigenvalue weighted by molar-refractivity contribution is 0.493. The van der Waals surface area contributed by atoms with E-state index in [4.69, 9.17) is 4.98 Å². The Morgan fingerprint density at radius 3 is 2.56 bits per heavy atom. The summed E-state index contributed by atoms with van der Waals surface area (Å²) in [6.07, 6.45) is 7.59. The van der Waals surface area contributed by atoms with E-state index in [1.165, 1.54) is 5.69 Å². The number of piperidine rings is 1. The van der Waals surface area contributed by atoms with Crippen LogP contribution in [0, 0.1) is 13.8 Å². The largest absolute Gasteiger partial charge is 0.356 e. The Hall–Kier alpha value is -2.76. The van der Waals surface area contributed by atoms with Crippen molar-refractivity contribution in [2.75, 3.05) is 18.0 Å². The number of anilines is 1. The first-order valence-corrected chi connectivity index (χ1v) is 8.71. The lowest BCUT2D eigenvalue weighted by Crippen LogP contribution is -2.33. The Bertz CT molecular complexity index is 864. The van der Waals surface area contributed by atoms with Crippen molar-refractivity contribution in [2.45, 2.75) is 32.6 Å². The summed E-state index contributed by atoms with van der Waals surface area (Å²) in [4.78, 5) is 20.1. The van der Waals surface area contributed by atoms with Crippen LogP contribution in [0.25, 0.3) is 5.82 Å². The van der Waals surface area contributed by atoms with E-state index in [1.807, 2.05) is 36.9 Å². The van der Waals surface area contributed by atoms with Gasteiger partial charge in [-0.1, -0.05) is 6.07 Å². The molecular formula is C19H22N6. The van der Waals surface area contributed by atoms with Crippen LogP contribution in [-0.2, 0) is 0 Å². The molecule has 3 aromatic rings. The Kier molecular flexibility index (Phi) is 4.17. The molecule has 3 aromatic heterocycles. The number of aryl methyl sites for hydroxylation is 2. The first kappa shape index (κ1) is 15.7. The predicted molar refractivity (Wildman–Crippen MR) is 97.1 cm³/mol. The Labute approximate surface area is 147 Å². The van der Waals surface area contributed by atoms with Gasteiger partial charge in [0.25, 0.3) is 0 Å². The normalized spacial score (nSPS) is 15.5. The fourth-order valence-corrected chi connectivity index (χ4v) is 3.44. The minimum atomic E-state index is 0.489. The molecule has 0 saturated carbocycles. The monoisotopic (exact) mass is 334 g/mol. The summed E-state index contributed by atoms with van der Waals surface area (Å²) >= 11 is 0. The van der Waals surface area contributed by atoms with Crippen molar-refractivity contribution < 1.29 is 0 Å². The zero-order chi connectivity index (χ0) is 17.2. The smallest absolute Gasteiger partial charge is 0.138 e. The van der Waals surface area contributed by atoms with Crippen LogP contribution in [0.3, 0.4) is 0 Å². The molecule has 0 aromatic carbocycles. The molecule has 0 amide bonds. The average molecular weight is 334 g/mol. The standard InChI is InChI=1S/C19H22N6/c1-14-12-19(22-13-21-14)24-9-6-16(7-10-24)17-4-3-5-18(23-17)25-11-8-20-15(25)2/h3-5,8,11-13,16H,6-7,9-10H2,1-2H3. The molecule has 6 heteroatoms. The van der Waals surface area contributed by atoms with Crippen LogP contribution < -0.4 is 4.90 Å². The summed E-state index contributed by atoms with van der Waals surface area (Å²) in [7, 11) is 0. The molecule has 1 fully saturated rings. The van der Waals surface area contributed by atoms with Crippen molar-refractivity contribution in [3.63, 3.8) is 0 Å². The fraction of sp³-hybridized carbons (Fsp3) is 0.368. The summed E-state index contributed by atoms with van der Waals surface area (Å²) < 4.78 is 2.03. The van der Waals surface area contributed by atoms with Crippen LogP contribution >= 0.6 is 0 Å². The molecule has 6 nitrogen and oxygen atoms in total. The molecule has 0 bridgehead atoms. The first-order chi connectivity index (χ1) is 12.2. The van der Waals surface area contributed by atoms with Gasteiger partial charge in [-0.3, -0.25) is 4.57 Å². The highest BCUT2D eigenvalue weighted by Gasteiger charge is 2.23. The SMILES string of the molecule is Cc1cc(N2CCC(c3cccc(-n4ccnc4C)n3)CC2)ncn1. The molecule has 4 heterocycles. The first-order valence-electron chi connectivity index (χ1n) is 8.71. The molecule has 0 radical (unpaired) electrons. The lowest BCUT2D eigenvalue weighted by atomic mass is 9.93. The number of imidazole rings is 1. The van der Waals surface area contributed by atoms with Crippen LogP contribution in [-0.4, -0.2) is 37.6 Å². The van der Waals surface area contributed by atoms with Crippen LogP contribution in [0.15, 0.2) is 43.0 Å². The molecule has 1 saturated heterocycles. The van der Waals surface area contributed by atoms with Gasteiger partial charge in [-0.2, -0.15) is 0 Å². The highest BCUT2D eigenvalue weighted by Crippen LogP contribution is 2.29. The molecule has 0 unspecified atom stereocenters. The molecule has 0 atom stereocenters. The minimum Gasteiger partial charge on any atom is -0.356 e. The van der Waals surface area contributed by atoms with Crippen LogP contribution in [0.1, 0.15) is 36.0 Å². The van der Waals surface area contributed by atoms with Gasteiger partial charge in [-0.15, -0.1) is 0 Å². The topological polar surface area (TPSA) is 59.7 Å². The predicted octanol–water partition coefficient (Wildman–Crippen LogP) is 3.06. The number of nitrogens with zero attached hydrogens (tertiary/aromatic N) is 6. The maximum absolute atomic E-state index is 4.89. The minimum absolute atomic E-state index is 0.489. The van der Waals surface area contributed by atoms with Gasteiger partial charge in [0.15, 0.2) is 0 Å². The van der Waals surface area contributed by atoms with Gasteiger partial charge in [-0.05, 0) is 38.8 Å². The molecule has 4 rings (SSSR count). The molecular weight excluding hydrogens is 312 g/mol. The van der Waals surface area contributed by atoms with Crippen molar-refractivity contribution in [1.82, 2.24) is 24.5 Å². The quantitative estimate of drug-likeness (QED) is 0.737. The van der Waals surface area contributed by atoms with Gasteiger partial charge < -0.3 is 4.90 Å². The van der Waals surface area contributed by atoms with Gasteiger partial charge in [0.05, 0.1) is 0 Å². The number of pyridine rings is 1.